The molecule has 0 spiro atoms. The van der Waals surface area contributed by atoms with Gasteiger partial charge in [-0.3, -0.25) is 0 Å². The van der Waals surface area contributed by atoms with E-state index in [1.165, 1.54) is 12.1 Å². The molecule has 2 rings (SSSR count). The highest BCUT2D eigenvalue weighted by Crippen LogP contribution is 2.29. The first-order valence-electron chi connectivity index (χ1n) is 7.99. The molecule has 2 nitrogen and oxygen atoms in total. The summed E-state index contributed by atoms with van der Waals surface area (Å²) in [7, 11) is 0. The number of rotatable bonds is 4. The van der Waals surface area contributed by atoms with Gasteiger partial charge in [0.2, 0.25) is 0 Å². The van der Waals surface area contributed by atoms with Crippen molar-refractivity contribution in [3.05, 3.63) is 29.3 Å². The van der Waals surface area contributed by atoms with Crippen molar-refractivity contribution >= 4 is 5.69 Å². The number of nitrogens with zero attached hydrogens (tertiary/aromatic N) is 1. The van der Waals surface area contributed by atoms with Crippen molar-refractivity contribution in [3.8, 4) is 0 Å². The smallest absolute Gasteiger partial charge is 0.149 e. The summed E-state index contributed by atoms with van der Waals surface area (Å²) in [5, 5.41) is 0. The fourth-order valence-corrected chi connectivity index (χ4v) is 2.97. The molecule has 0 aromatic heterocycles. The van der Waals surface area contributed by atoms with Gasteiger partial charge in [-0.2, -0.15) is 0 Å². The van der Waals surface area contributed by atoms with E-state index < -0.39 is 11.6 Å². The Morgan fingerprint density at radius 2 is 1.90 bits per heavy atom. The third kappa shape index (κ3) is 4.16. The maximum absolute atomic E-state index is 14.4. The van der Waals surface area contributed by atoms with E-state index >= 15 is 0 Å². The Morgan fingerprint density at radius 3 is 2.52 bits per heavy atom. The van der Waals surface area contributed by atoms with E-state index in [9.17, 15) is 8.78 Å². The molecule has 0 saturated carbocycles. The van der Waals surface area contributed by atoms with Crippen molar-refractivity contribution in [3.63, 3.8) is 0 Å². The Bertz CT molecular complexity index is 453. The molecule has 1 heterocycles. The van der Waals surface area contributed by atoms with Crippen LogP contribution in [0.4, 0.5) is 14.5 Å². The number of hydrogen-bond donors (Lipinski definition) is 1. The first-order chi connectivity index (χ1) is 10.0. The normalized spacial score (nSPS) is 21.2. The molecule has 1 aliphatic rings. The molecule has 2 unspecified atom stereocenters. The quantitative estimate of drug-likeness (QED) is 0.914. The first kappa shape index (κ1) is 16.2. The lowest BCUT2D eigenvalue weighted by Crippen LogP contribution is -2.27. The Labute approximate surface area is 126 Å². The Kier molecular flexibility index (Phi) is 5.57. The van der Waals surface area contributed by atoms with Crippen LogP contribution in [0, 0.1) is 17.6 Å². The summed E-state index contributed by atoms with van der Waals surface area (Å²) in [4.78, 5) is 1.86. The van der Waals surface area contributed by atoms with E-state index in [0.717, 1.165) is 38.8 Å². The SMILES string of the molecule is CCC(N)Cc1cc(F)c(N2CCCC(C)CC2)c(F)c1. The van der Waals surface area contributed by atoms with Crippen molar-refractivity contribution in [2.75, 3.05) is 18.0 Å². The molecule has 2 N–H and O–H groups in total. The second kappa shape index (κ2) is 7.21. The van der Waals surface area contributed by atoms with Crippen LogP contribution in [0.3, 0.4) is 0 Å². The standard InChI is InChI=1S/C17H26F2N2/c1-3-14(20)9-13-10-15(18)17(16(19)11-13)21-7-4-5-12(2)6-8-21/h10-12,14H,3-9,20H2,1-2H3. The van der Waals surface area contributed by atoms with Gasteiger partial charge < -0.3 is 10.6 Å². The predicted octanol–water partition coefficient (Wildman–Crippen LogP) is 3.87. The number of hydrogen-bond acceptors (Lipinski definition) is 2. The molecule has 1 aliphatic heterocycles. The molecule has 1 saturated heterocycles. The lowest BCUT2D eigenvalue weighted by molar-refractivity contribution is 0.519. The second-order valence-electron chi connectivity index (χ2n) is 6.30. The van der Waals surface area contributed by atoms with Gasteiger partial charge >= 0.3 is 0 Å². The number of halogens is 2. The van der Waals surface area contributed by atoms with E-state index in [0.29, 0.717) is 17.9 Å². The summed E-state index contributed by atoms with van der Waals surface area (Å²) >= 11 is 0. The topological polar surface area (TPSA) is 29.3 Å². The van der Waals surface area contributed by atoms with Gasteiger partial charge in [0, 0.05) is 19.1 Å². The lowest BCUT2D eigenvalue weighted by Gasteiger charge is -2.24. The number of anilines is 1. The lowest BCUT2D eigenvalue weighted by atomic mass is 10.0. The van der Waals surface area contributed by atoms with Gasteiger partial charge in [-0.05, 0) is 55.7 Å². The third-order valence-corrected chi connectivity index (χ3v) is 4.43. The van der Waals surface area contributed by atoms with Gasteiger partial charge in [0.05, 0.1) is 0 Å². The summed E-state index contributed by atoms with van der Waals surface area (Å²) < 4.78 is 28.7. The minimum absolute atomic E-state index is 0.0475. The molecule has 0 aliphatic carbocycles. The van der Waals surface area contributed by atoms with E-state index in [4.69, 9.17) is 5.73 Å². The summed E-state index contributed by atoms with van der Waals surface area (Å²) in [6, 6.07) is 2.85. The van der Waals surface area contributed by atoms with Crippen LogP contribution in [0.1, 0.15) is 45.1 Å². The van der Waals surface area contributed by atoms with Crippen LogP contribution in [-0.2, 0) is 6.42 Å². The average molecular weight is 296 g/mol. The van der Waals surface area contributed by atoms with Crippen molar-refractivity contribution < 1.29 is 8.78 Å². The van der Waals surface area contributed by atoms with E-state index in [1.54, 1.807) is 0 Å². The van der Waals surface area contributed by atoms with Gasteiger partial charge in [-0.25, -0.2) is 8.78 Å². The molecule has 0 radical (unpaired) electrons. The zero-order valence-corrected chi connectivity index (χ0v) is 13.0. The van der Waals surface area contributed by atoms with Gasteiger partial charge in [-0.1, -0.05) is 13.8 Å². The largest absolute Gasteiger partial charge is 0.367 e. The number of benzene rings is 1. The van der Waals surface area contributed by atoms with Gasteiger partial charge in [-0.15, -0.1) is 0 Å². The van der Waals surface area contributed by atoms with Gasteiger partial charge in [0.1, 0.15) is 17.3 Å². The van der Waals surface area contributed by atoms with Crippen LogP contribution < -0.4 is 10.6 Å². The van der Waals surface area contributed by atoms with E-state index in [-0.39, 0.29) is 11.7 Å². The third-order valence-electron chi connectivity index (χ3n) is 4.43. The van der Waals surface area contributed by atoms with E-state index in [1.807, 2.05) is 11.8 Å². The van der Waals surface area contributed by atoms with Crippen molar-refractivity contribution in [2.45, 2.75) is 52.0 Å². The molecule has 2 atom stereocenters. The minimum Gasteiger partial charge on any atom is -0.367 e. The van der Waals surface area contributed by atoms with Crippen molar-refractivity contribution in [1.29, 1.82) is 0 Å². The zero-order valence-electron chi connectivity index (χ0n) is 13.0. The summed E-state index contributed by atoms with van der Waals surface area (Å²) in [5.74, 6) is -0.284. The Balaban J connectivity index is 2.20. The fraction of sp³-hybridized carbons (Fsp3) is 0.647. The molecule has 0 amide bonds. The minimum atomic E-state index is -0.456. The van der Waals surface area contributed by atoms with Gasteiger partial charge in [0.15, 0.2) is 0 Å². The summed E-state index contributed by atoms with van der Waals surface area (Å²) in [6.07, 6.45) is 4.42. The molecule has 1 aromatic carbocycles. The van der Waals surface area contributed by atoms with Crippen LogP contribution in [0.5, 0.6) is 0 Å². The molecule has 1 aromatic rings. The maximum atomic E-state index is 14.4. The monoisotopic (exact) mass is 296 g/mol. The molecular weight excluding hydrogens is 270 g/mol. The van der Waals surface area contributed by atoms with Crippen molar-refractivity contribution in [1.82, 2.24) is 0 Å². The molecule has 0 bridgehead atoms. The van der Waals surface area contributed by atoms with E-state index in [2.05, 4.69) is 6.92 Å². The molecule has 1 fully saturated rings. The molecule has 4 heteroatoms. The molecule has 21 heavy (non-hydrogen) atoms. The molecular formula is C17H26F2N2. The van der Waals surface area contributed by atoms with Crippen LogP contribution in [0.25, 0.3) is 0 Å². The first-order valence-corrected chi connectivity index (χ1v) is 7.99. The number of nitrogens with two attached hydrogens (primary N) is 1. The second-order valence-corrected chi connectivity index (χ2v) is 6.30. The predicted molar refractivity (Wildman–Crippen MR) is 83.6 cm³/mol. The Morgan fingerprint density at radius 1 is 1.24 bits per heavy atom. The molecule has 118 valence electrons. The highest BCUT2D eigenvalue weighted by atomic mass is 19.1. The van der Waals surface area contributed by atoms with Gasteiger partial charge in [0.25, 0.3) is 0 Å². The Hall–Kier alpha value is -1.16. The van der Waals surface area contributed by atoms with Crippen LogP contribution >= 0.6 is 0 Å². The fourth-order valence-electron chi connectivity index (χ4n) is 2.97. The average Bonchev–Trinajstić information content (AvgIpc) is 2.63. The summed E-state index contributed by atoms with van der Waals surface area (Å²) in [6.45, 7) is 5.63. The maximum Gasteiger partial charge on any atom is 0.149 e. The van der Waals surface area contributed by atoms with Crippen LogP contribution in [0.15, 0.2) is 12.1 Å². The highest BCUT2D eigenvalue weighted by Gasteiger charge is 2.21. The van der Waals surface area contributed by atoms with Crippen LogP contribution in [-0.4, -0.2) is 19.1 Å². The zero-order chi connectivity index (χ0) is 15.4. The summed E-state index contributed by atoms with van der Waals surface area (Å²) in [5.41, 5.74) is 6.65. The van der Waals surface area contributed by atoms with Crippen molar-refractivity contribution in [2.24, 2.45) is 11.7 Å². The highest BCUT2D eigenvalue weighted by molar-refractivity contribution is 5.51. The van der Waals surface area contributed by atoms with Crippen LogP contribution in [0.2, 0.25) is 0 Å².